The molecule has 94 valence electrons. The van der Waals surface area contributed by atoms with E-state index in [0.717, 1.165) is 5.69 Å². The first-order valence-electron chi connectivity index (χ1n) is 5.99. The molecule has 0 bridgehead atoms. The molecule has 1 amide bonds. The van der Waals surface area contributed by atoms with E-state index >= 15 is 0 Å². The summed E-state index contributed by atoms with van der Waals surface area (Å²) in [6.45, 7) is 8.50. The first kappa shape index (κ1) is 13.6. The Labute approximate surface area is 104 Å². The van der Waals surface area contributed by atoms with Gasteiger partial charge in [-0.15, -0.1) is 0 Å². The second-order valence-electron chi connectivity index (χ2n) is 4.70. The summed E-state index contributed by atoms with van der Waals surface area (Å²) in [5.74, 6) is 0.112. The Morgan fingerprint density at radius 1 is 1.35 bits per heavy atom. The molecule has 0 aliphatic carbocycles. The third-order valence-corrected chi connectivity index (χ3v) is 3.20. The number of carbonyl (C=O) groups is 1. The number of hydrogen-bond acceptors (Lipinski definition) is 2. The SMILES string of the molecule is Cc1cccc(NCC(=O)N(C)C(C)C)c1C. The van der Waals surface area contributed by atoms with Gasteiger partial charge in [-0.1, -0.05) is 12.1 Å². The van der Waals surface area contributed by atoms with Gasteiger partial charge in [0.2, 0.25) is 5.91 Å². The van der Waals surface area contributed by atoms with Crippen LogP contribution >= 0.6 is 0 Å². The molecule has 0 fully saturated rings. The molecule has 0 spiro atoms. The lowest BCUT2D eigenvalue weighted by atomic mass is 10.1. The smallest absolute Gasteiger partial charge is 0.241 e. The molecule has 1 aromatic carbocycles. The van der Waals surface area contributed by atoms with E-state index in [2.05, 4.69) is 25.2 Å². The number of likely N-dealkylation sites (N-methyl/N-ethyl adjacent to an activating group) is 1. The summed E-state index contributed by atoms with van der Waals surface area (Å²) in [6.07, 6.45) is 0. The Kier molecular flexibility index (Phi) is 4.55. The minimum atomic E-state index is 0.112. The molecule has 1 N–H and O–H groups in total. The Hall–Kier alpha value is -1.51. The summed E-state index contributed by atoms with van der Waals surface area (Å²) >= 11 is 0. The van der Waals surface area contributed by atoms with Crippen molar-refractivity contribution in [3.63, 3.8) is 0 Å². The molecule has 0 saturated carbocycles. The van der Waals surface area contributed by atoms with Crippen LogP contribution in [0.25, 0.3) is 0 Å². The van der Waals surface area contributed by atoms with Crippen LogP contribution in [-0.4, -0.2) is 30.4 Å². The highest BCUT2D eigenvalue weighted by molar-refractivity contribution is 5.81. The first-order chi connectivity index (χ1) is 7.93. The average Bonchev–Trinajstić information content (AvgIpc) is 2.29. The lowest BCUT2D eigenvalue weighted by Gasteiger charge is -2.22. The number of hydrogen-bond donors (Lipinski definition) is 1. The third kappa shape index (κ3) is 3.48. The van der Waals surface area contributed by atoms with Crippen LogP contribution in [0, 0.1) is 13.8 Å². The first-order valence-corrected chi connectivity index (χ1v) is 5.99. The number of nitrogens with one attached hydrogen (secondary N) is 1. The van der Waals surface area contributed by atoms with Crippen LogP contribution in [-0.2, 0) is 4.79 Å². The number of aryl methyl sites for hydroxylation is 1. The van der Waals surface area contributed by atoms with Crippen LogP contribution in [0.15, 0.2) is 18.2 Å². The number of rotatable bonds is 4. The molecule has 0 heterocycles. The summed E-state index contributed by atoms with van der Waals surface area (Å²) in [7, 11) is 1.83. The Balaban J connectivity index is 2.62. The van der Waals surface area contributed by atoms with E-state index in [9.17, 15) is 4.79 Å². The second kappa shape index (κ2) is 5.71. The monoisotopic (exact) mass is 234 g/mol. The second-order valence-corrected chi connectivity index (χ2v) is 4.70. The number of amides is 1. The highest BCUT2D eigenvalue weighted by Gasteiger charge is 2.11. The predicted molar refractivity (Wildman–Crippen MR) is 72.3 cm³/mol. The quantitative estimate of drug-likeness (QED) is 0.868. The largest absolute Gasteiger partial charge is 0.376 e. The molecule has 17 heavy (non-hydrogen) atoms. The van der Waals surface area contributed by atoms with Gasteiger partial charge >= 0.3 is 0 Å². The van der Waals surface area contributed by atoms with Crippen LogP contribution in [0.1, 0.15) is 25.0 Å². The van der Waals surface area contributed by atoms with Crippen molar-refractivity contribution >= 4 is 11.6 Å². The van der Waals surface area contributed by atoms with Crippen molar-refractivity contribution in [3.8, 4) is 0 Å². The summed E-state index contributed by atoms with van der Waals surface area (Å²) < 4.78 is 0. The van der Waals surface area contributed by atoms with Gasteiger partial charge in [0, 0.05) is 18.8 Å². The van der Waals surface area contributed by atoms with Crippen LogP contribution in [0.2, 0.25) is 0 Å². The van der Waals surface area contributed by atoms with Crippen LogP contribution < -0.4 is 5.32 Å². The van der Waals surface area contributed by atoms with Crippen LogP contribution in [0.5, 0.6) is 0 Å². The lowest BCUT2D eigenvalue weighted by Crippen LogP contribution is -2.37. The molecule has 0 atom stereocenters. The van der Waals surface area contributed by atoms with E-state index < -0.39 is 0 Å². The lowest BCUT2D eigenvalue weighted by molar-refractivity contribution is -0.129. The van der Waals surface area contributed by atoms with Crippen molar-refractivity contribution in [2.24, 2.45) is 0 Å². The number of anilines is 1. The van der Waals surface area contributed by atoms with Crippen molar-refractivity contribution in [2.45, 2.75) is 33.7 Å². The standard InChI is InChI=1S/C14H22N2O/c1-10(2)16(5)14(17)9-15-13-8-6-7-11(3)12(13)4/h6-8,10,15H,9H2,1-5H3. The van der Waals surface area contributed by atoms with Gasteiger partial charge in [0.25, 0.3) is 0 Å². The maximum absolute atomic E-state index is 11.8. The van der Waals surface area contributed by atoms with Gasteiger partial charge in [-0.3, -0.25) is 4.79 Å². The van der Waals surface area contributed by atoms with Gasteiger partial charge in [-0.2, -0.15) is 0 Å². The van der Waals surface area contributed by atoms with Crippen molar-refractivity contribution in [3.05, 3.63) is 29.3 Å². The molecule has 0 saturated heterocycles. The molecule has 0 aromatic heterocycles. The van der Waals surface area contributed by atoms with Gasteiger partial charge in [0.15, 0.2) is 0 Å². The number of carbonyl (C=O) groups excluding carboxylic acids is 1. The van der Waals surface area contributed by atoms with E-state index in [4.69, 9.17) is 0 Å². The van der Waals surface area contributed by atoms with Gasteiger partial charge in [-0.25, -0.2) is 0 Å². The molecule has 0 radical (unpaired) electrons. The normalized spacial score (nSPS) is 10.5. The number of nitrogens with zero attached hydrogens (tertiary/aromatic N) is 1. The molecular formula is C14H22N2O. The van der Waals surface area contributed by atoms with Crippen molar-refractivity contribution in [1.82, 2.24) is 4.90 Å². The fourth-order valence-corrected chi connectivity index (χ4v) is 1.53. The molecule has 3 nitrogen and oxygen atoms in total. The third-order valence-electron chi connectivity index (χ3n) is 3.20. The molecule has 1 rings (SSSR count). The molecule has 3 heteroatoms. The molecule has 0 aliphatic heterocycles. The van der Waals surface area contributed by atoms with Crippen molar-refractivity contribution < 1.29 is 4.79 Å². The summed E-state index contributed by atoms with van der Waals surface area (Å²) in [4.78, 5) is 13.6. The zero-order chi connectivity index (χ0) is 13.0. The van der Waals surface area contributed by atoms with E-state index in [1.807, 2.05) is 33.0 Å². The molecule has 1 aromatic rings. The minimum Gasteiger partial charge on any atom is -0.376 e. The van der Waals surface area contributed by atoms with E-state index in [1.54, 1.807) is 4.90 Å². The highest BCUT2D eigenvalue weighted by atomic mass is 16.2. The Morgan fingerprint density at radius 3 is 2.59 bits per heavy atom. The van der Waals surface area contributed by atoms with E-state index in [1.165, 1.54) is 11.1 Å². The average molecular weight is 234 g/mol. The fourth-order valence-electron chi connectivity index (χ4n) is 1.53. The zero-order valence-corrected chi connectivity index (χ0v) is 11.4. The predicted octanol–water partition coefficient (Wildman–Crippen LogP) is 2.58. The van der Waals surface area contributed by atoms with Crippen molar-refractivity contribution in [1.29, 1.82) is 0 Å². The topological polar surface area (TPSA) is 32.3 Å². The minimum absolute atomic E-state index is 0.112. The van der Waals surface area contributed by atoms with E-state index in [-0.39, 0.29) is 11.9 Å². The summed E-state index contributed by atoms with van der Waals surface area (Å²) in [5.41, 5.74) is 3.47. The van der Waals surface area contributed by atoms with Gasteiger partial charge in [0.1, 0.15) is 0 Å². The Bertz CT molecular complexity index is 399. The highest BCUT2D eigenvalue weighted by Crippen LogP contribution is 2.17. The fraction of sp³-hybridized carbons (Fsp3) is 0.500. The summed E-state index contributed by atoms with van der Waals surface area (Å²) in [5, 5.41) is 3.20. The van der Waals surface area contributed by atoms with Gasteiger partial charge in [-0.05, 0) is 44.9 Å². The van der Waals surface area contributed by atoms with Crippen LogP contribution in [0.3, 0.4) is 0 Å². The zero-order valence-electron chi connectivity index (χ0n) is 11.4. The van der Waals surface area contributed by atoms with Gasteiger partial charge in [0.05, 0.1) is 6.54 Å². The Morgan fingerprint density at radius 2 is 2.00 bits per heavy atom. The molecule has 0 aliphatic rings. The number of benzene rings is 1. The molecular weight excluding hydrogens is 212 g/mol. The maximum atomic E-state index is 11.8. The van der Waals surface area contributed by atoms with Crippen LogP contribution in [0.4, 0.5) is 5.69 Å². The van der Waals surface area contributed by atoms with Crippen molar-refractivity contribution in [2.75, 3.05) is 18.9 Å². The van der Waals surface area contributed by atoms with Gasteiger partial charge < -0.3 is 10.2 Å². The maximum Gasteiger partial charge on any atom is 0.241 e. The van der Waals surface area contributed by atoms with E-state index in [0.29, 0.717) is 6.54 Å². The summed E-state index contributed by atoms with van der Waals surface area (Å²) in [6, 6.07) is 6.32. The molecule has 0 unspecified atom stereocenters.